The SMILES string of the molecule is COc1cc(C=CC2C3=CCC4C(=O)N(c5ccc(Cl)cc5)C(=O)C4C3CC3(Cl)C(=O)N(C)C(=O)C23Cl)ccc1O. The molecule has 2 heterocycles. The van der Waals surface area contributed by atoms with Crippen LogP contribution >= 0.6 is 34.8 Å². The summed E-state index contributed by atoms with van der Waals surface area (Å²) in [7, 11) is 2.77. The number of likely N-dealkylation sites (tertiary alicyclic amines) is 1. The van der Waals surface area contributed by atoms with Crippen LogP contribution in [0.15, 0.2) is 60.2 Å². The summed E-state index contributed by atoms with van der Waals surface area (Å²) in [5.41, 5.74) is 1.74. The molecule has 1 N–H and O–H groups in total. The second kappa shape index (κ2) is 9.61. The van der Waals surface area contributed by atoms with E-state index in [1.54, 1.807) is 48.6 Å². The summed E-state index contributed by atoms with van der Waals surface area (Å²) < 4.78 is 5.21. The molecule has 41 heavy (non-hydrogen) atoms. The molecule has 2 saturated heterocycles. The lowest BCUT2D eigenvalue weighted by atomic mass is 9.57. The highest BCUT2D eigenvalue weighted by Gasteiger charge is 2.75. The predicted molar refractivity (Wildman–Crippen MR) is 154 cm³/mol. The molecule has 0 aromatic heterocycles. The number of nitrogens with zero attached hydrogens (tertiary/aromatic N) is 2. The van der Waals surface area contributed by atoms with Gasteiger partial charge in [0.2, 0.25) is 11.8 Å². The quantitative estimate of drug-likeness (QED) is 0.301. The Hall–Kier alpha value is -3.33. The molecular formula is C30H25Cl3N2O6. The van der Waals surface area contributed by atoms with Crippen molar-refractivity contribution in [3.8, 4) is 11.5 Å². The molecule has 3 fully saturated rings. The van der Waals surface area contributed by atoms with Crippen molar-refractivity contribution in [2.75, 3.05) is 19.1 Å². The van der Waals surface area contributed by atoms with Gasteiger partial charge in [0.05, 0.1) is 24.6 Å². The zero-order valence-corrected chi connectivity index (χ0v) is 24.3. The van der Waals surface area contributed by atoms with Crippen LogP contribution < -0.4 is 9.64 Å². The molecule has 6 atom stereocenters. The van der Waals surface area contributed by atoms with Gasteiger partial charge < -0.3 is 9.84 Å². The molecule has 0 bridgehead atoms. The molecule has 6 rings (SSSR count). The molecule has 2 aromatic rings. The van der Waals surface area contributed by atoms with Crippen molar-refractivity contribution >= 4 is 70.2 Å². The van der Waals surface area contributed by atoms with E-state index in [1.807, 2.05) is 6.08 Å². The number of ether oxygens (including phenoxy) is 1. The molecule has 2 aliphatic heterocycles. The van der Waals surface area contributed by atoms with Gasteiger partial charge in [-0.25, -0.2) is 0 Å². The predicted octanol–water partition coefficient (Wildman–Crippen LogP) is 4.79. The van der Waals surface area contributed by atoms with Crippen LogP contribution in [0.2, 0.25) is 5.02 Å². The van der Waals surface area contributed by atoms with Gasteiger partial charge in [0, 0.05) is 18.0 Å². The van der Waals surface area contributed by atoms with Crippen LogP contribution in [0.3, 0.4) is 0 Å². The second-order valence-electron chi connectivity index (χ2n) is 10.8. The van der Waals surface area contributed by atoms with Gasteiger partial charge in [-0.1, -0.05) is 41.5 Å². The lowest BCUT2D eigenvalue weighted by Gasteiger charge is -2.49. The first-order chi connectivity index (χ1) is 19.4. The highest BCUT2D eigenvalue weighted by molar-refractivity contribution is 6.53. The second-order valence-corrected chi connectivity index (χ2v) is 12.5. The number of rotatable bonds is 4. The van der Waals surface area contributed by atoms with Gasteiger partial charge in [-0.05, 0) is 60.7 Å². The fraction of sp³-hybridized carbons (Fsp3) is 0.333. The molecule has 4 aliphatic rings. The fourth-order valence-electron chi connectivity index (χ4n) is 6.84. The summed E-state index contributed by atoms with van der Waals surface area (Å²) in [5.74, 6) is -4.69. The van der Waals surface area contributed by atoms with Gasteiger partial charge in [0.25, 0.3) is 11.8 Å². The van der Waals surface area contributed by atoms with Crippen LogP contribution in [-0.4, -0.2) is 57.5 Å². The number of benzene rings is 2. The molecule has 11 heteroatoms. The first kappa shape index (κ1) is 27.8. The van der Waals surface area contributed by atoms with Crippen molar-refractivity contribution in [2.45, 2.75) is 22.6 Å². The molecule has 1 saturated carbocycles. The number of hydrogen-bond donors (Lipinski definition) is 1. The van der Waals surface area contributed by atoms with E-state index in [2.05, 4.69) is 0 Å². The molecule has 212 valence electrons. The Balaban J connectivity index is 1.45. The smallest absolute Gasteiger partial charge is 0.253 e. The Morgan fingerprint density at radius 1 is 1.00 bits per heavy atom. The molecule has 2 aromatic carbocycles. The van der Waals surface area contributed by atoms with Gasteiger partial charge in [-0.3, -0.25) is 29.0 Å². The Bertz CT molecular complexity index is 1570. The standard InChI is InChI=1S/C30H25Cl3N2O6/c1-34-27(39)29(32)14-20-18(9-10-19-24(20)26(38)35(25(19)37)17-7-5-16(31)6-8-17)21(30(29,33)28(34)40)11-3-15-4-12-22(36)23(13-15)41-2/h3-9,11-13,19-21,24,36H,10,14H2,1-2H3. The number of hydrogen-bond acceptors (Lipinski definition) is 6. The Labute approximate surface area is 251 Å². The van der Waals surface area contributed by atoms with Crippen molar-refractivity contribution in [1.82, 2.24) is 4.90 Å². The van der Waals surface area contributed by atoms with Crippen LogP contribution in [0.25, 0.3) is 6.08 Å². The molecule has 0 radical (unpaired) electrons. The van der Waals surface area contributed by atoms with Gasteiger partial charge in [0.1, 0.15) is 0 Å². The zero-order chi connectivity index (χ0) is 29.4. The number of carbonyl (C=O) groups is 4. The number of fused-ring (bicyclic) bond motifs is 4. The first-order valence-corrected chi connectivity index (χ1v) is 14.2. The van der Waals surface area contributed by atoms with E-state index in [0.717, 1.165) is 4.90 Å². The third kappa shape index (κ3) is 3.80. The lowest BCUT2D eigenvalue weighted by molar-refractivity contribution is -0.138. The van der Waals surface area contributed by atoms with E-state index in [-0.39, 0.29) is 30.2 Å². The summed E-state index contributed by atoms with van der Waals surface area (Å²) in [4.78, 5) is 52.9. The summed E-state index contributed by atoms with van der Waals surface area (Å²) in [5, 5.41) is 10.5. The molecular weight excluding hydrogens is 591 g/mol. The number of halogens is 3. The number of amides is 4. The van der Waals surface area contributed by atoms with E-state index >= 15 is 0 Å². The number of allylic oxidation sites excluding steroid dienone is 3. The number of imide groups is 2. The van der Waals surface area contributed by atoms with Crippen LogP contribution in [0.1, 0.15) is 18.4 Å². The van der Waals surface area contributed by atoms with E-state index in [0.29, 0.717) is 21.8 Å². The highest BCUT2D eigenvalue weighted by atomic mass is 35.5. The number of anilines is 1. The third-order valence-corrected chi connectivity index (χ3v) is 10.5. The molecule has 6 unspecified atom stereocenters. The number of methoxy groups -OCH3 is 1. The van der Waals surface area contributed by atoms with Crippen LogP contribution in [0.4, 0.5) is 5.69 Å². The molecule has 4 amide bonds. The van der Waals surface area contributed by atoms with Crippen molar-refractivity contribution in [2.24, 2.45) is 23.7 Å². The average Bonchev–Trinajstić information content (AvgIpc) is 3.28. The maximum absolute atomic E-state index is 13.9. The highest BCUT2D eigenvalue weighted by Crippen LogP contribution is 2.63. The minimum atomic E-state index is -1.85. The van der Waals surface area contributed by atoms with Gasteiger partial charge in [-0.2, -0.15) is 0 Å². The van der Waals surface area contributed by atoms with Crippen LogP contribution in [0, 0.1) is 23.7 Å². The van der Waals surface area contributed by atoms with Crippen LogP contribution in [0.5, 0.6) is 11.5 Å². The zero-order valence-electron chi connectivity index (χ0n) is 22.0. The summed E-state index contributed by atoms with van der Waals surface area (Å²) in [6.45, 7) is 0. The fourth-order valence-corrected chi connectivity index (χ4v) is 7.94. The maximum Gasteiger partial charge on any atom is 0.253 e. The number of alkyl halides is 2. The molecule has 2 aliphatic carbocycles. The lowest BCUT2D eigenvalue weighted by Crippen LogP contribution is -2.60. The Morgan fingerprint density at radius 3 is 2.39 bits per heavy atom. The van der Waals surface area contributed by atoms with Crippen molar-refractivity contribution < 1.29 is 29.0 Å². The van der Waals surface area contributed by atoms with E-state index in [9.17, 15) is 24.3 Å². The summed E-state index contributed by atoms with van der Waals surface area (Å²) >= 11 is 20.3. The van der Waals surface area contributed by atoms with Crippen molar-refractivity contribution in [1.29, 1.82) is 0 Å². The van der Waals surface area contributed by atoms with E-state index in [4.69, 9.17) is 39.5 Å². The largest absolute Gasteiger partial charge is 0.504 e. The maximum atomic E-state index is 13.9. The van der Waals surface area contributed by atoms with Gasteiger partial charge >= 0.3 is 0 Å². The minimum Gasteiger partial charge on any atom is -0.504 e. The summed E-state index contributed by atoms with van der Waals surface area (Å²) in [6.07, 6.45) is 5.47. The molecule has 0 spiro atoms. The normalized spacial score (nSPS) is 32.8. The van der Waals surface area contributed by atoms with E-state index < -0.39 is 51.1 Å². The van der Waals surface area contributed by atoms with Crippen LogP contribution in [-0.2, 0) is 19.2 Å². The number of phenolic OH excluding ortho intramolecular Hbond substituents is 1. The number of aromatic hydroxyl groups is 1. The topological polar surface area (TPSA) is 104 Å². The first-order valence-electron chi connectivity index (χ1n) is 13.0. The van der Waals surface area contributed by atoms with Crippen molar-refractivity contribution in [3.63, 3.8) is 0 Å². The van der Waals surface area contributed by atoms with Gasteiger partial charge in [0.15, 0.2) is 21.2 Å². The number of carbonyl (C=O) groups excluding carboxylic acids is 4. The van der Waals surface area contributed by atoms with Crippen molar-refractivity contribution in [3.05, 3.63) is 70.8 Å². The summed E-state index contributed by atoms with van der Waals surface area (Å²) in [6, 6.07) is 11.2. The third-order valence-electron chi connectivity index (χ3n) is 8.84. The van der Waals surface area contributed by atoms with Gasteiger partial charge in [-0.15, -0.1) is 23.2 Å². The monoisotopic (exact) mass is 614 g/mol. The Kier molecular flexibility index (Phi) is 6.52. The Morgan fingerprint density at radius 2 is 1.71 bits per heavy atom. The number of phenols is 1. The van der Waals surface area contributed by atoms with E-state index in [1.165, 1.54) is 25.1 Å². The molecule has 8 nitrogen and oxygen atoms in total. The average molecular weight is 616 g/mol. The minimum absolute atomic E-state index is 0.0372.